The molecule has 1 saturated heterocycles. The third-order valence-electron chi connectivity index (χ3n) is 3.35. The zero-order chi connectivity index (χ0) is 13.2. The summed E-state index contributed by atoms with van der Waals surface area (Å²) in [5, 5.41) is 3.42. The van der Waals surface area contributed by atoms with Crippen LogP contribution in [0.1, 0.15) is 18.2 Å². The van der Waals surface area contributed by atoms with E-state index < -0.39 is 9.84 Å². The Kier molecular flexibility index (Phi) is 4.69. The van der Waals surface area contributed by atoms with Crippen LogP contribution >= 0.6 is 22.9 Å². The zero-order valence-corrected chi connectivity index (χ0v) is 12.7. The first-order chi connectivity index (χ1) is 8.50. The molecule has 1 N–H and O–H groups in total. The number of hydrogen-bond donors (Lipinski definition) is 1. The normalized spacial score (nSPS) is 24.2. The molecule has 6 heteroatoms. The van der Waals surface area contributed by atoms with Crippen LogP contribution in [0.5, 0.6) is 0 Å². The van der Waals surface area contributed by atoms with E-state index in [2.05, 4.69) is 12.2 Å². The molecule has 2 atom stereocenters. The van der Waals surface area contributed by atoms with Crippen molar-refractivity contribution in [3.63, 3.8) is 0 Å². The maximum atomic E-state index is 11.6. The Morgan fingerprint density at radius 2 is 2.33 bits per heavy atom. The summed E-state index contributed by atoms with van der Waals surface area (Å²) in [6, 6.07) is 4.17. The van der Waals surface area contributed by atoms with Gasteiger partial charge in [0, 0.05) is 10.9 Å². The number of hydrogen-bond acceptors (Lipinski definition) is 4. The number of rotatable bonds is 5. The standard InChI is InChI=1S/C12H18ClNO2S2/c1-2-14-11(7-10-3-4-12(13)17-10)9-5-6-18(15,16)8-9/h3-4,9,11,14H,2,5-8H2,1H3. The van der Waals surface area contributed by atoms with Crippen molar-refractivity contribution in [3.8, 4) is 0 Å². The molecule has 0 saturated carbocycles. The topological polar surface area (TPSA) is 46.2 Å². The third-order valence-corrected chi connectivity index (χ3v) is 6.40. The first-order valence-corrected chi connectivity index (χ1v) is 9.20. The maximum absolute atomic E-state index is 11.6. The van der Waals surface area contributed by atoms with Crippen LogP contribution in [-0.2, 0) is 16.3 Å². The van der Waals surface area contributed by atoms with Crippen molar-refractivity contribution in [2.75, 3.05) is 18.1 Å². The SMILES string of the molecule is CCNC(Cc1ccc(Cl)s1)C1CCS(=O)(=O)C1. The minimum atomic E-state index is -2.81. The van der Waals surface area contributed by atoms with Crippen LogP contribution in [-0.4, -0.2) is 32.5 Å². The summed E-state index contributed by atoms with van der Waals surface area (Å²) in [7, 11) is -2.81. The quantitative estimate of drug-likeness (QED) is 0.908. The fourth-order valence-corrected chi connectivity index (χ4v) is 5.51. The summed E-state index contributed by atoms with van der Waals surface area (Å²) in [5.74, 6) is 0.893. The average molecular weight is 308 g/mol. The van der Waals surface area contributed by atoms with Gasteiger partial charge in [0.15, 0.2) is 9.84 Å². The Balaban J connectivity index is 2.04. The van der Waals surface area contributed by atoms with E-state index in [1.54, 1.807) is 11.3 Å². The number of likely N-dealkylation sites (N-methyl/N-ethyl adjacent to an activating group) is 1. The van der Waals surface area contributed by atoms with E-state index in [4.69, 9.17) is 11.6 Å². The molecule has 1 aromatic rings. The third kappa shape index (κ3) is 3.70. The van der Waals surface area contributed by atoms with Gasteiger partial charge in [0.25, 0.3) is 0 Å². The molecule has 2 rings (SSSR count). The van der Waals surface area contributed by atoms with Crippen molar-refractivity contribution in [2.24, 2.45) is 5.92 Å². The van der Waals surface area contributed by atoms with Crippen LogP contribution in [0.3, 0.4) is 0 Å². The lowest BCUT2D eigenvalue weighted by Crippen LogP contribution is -2.38. The summed E-state index contributed by atoms with van der Waals surface area (Å²) < 4.78 is 23.9. The molecule has 0 amide bonds. The minimum Gasteiger partial charge on any atom is -0.314 e. The molecule has 0 spiro atoms. The van der Waals surface area contributed by atoms with Crippen molar-refractivity contribution in [1.82, 2.24) is 5.32 Å². The van der Waals surface area contributed by atoms with Gasteiger partial charge in [-0.3, -0.25) is 0 Å². The molecule has 0 aromatic carbocycles. The second-order valence-electron chi connectivity index (χ2n) is 4.74. The molecule has 1 aliphatic rings. The summed E-state index contributed by atoms with van der Waals surface area (Å²) in [4.78, 5) is 1.22. The predicted octanol–water partition coefficient (Wildman–Crippen LogP) is 2.36. The molecule has 1 aromatic heterocycles. The fraction of sp³-hybridized carbons (Fsp3) is 0.667. The van der Waals surface area contributed by atoms with E-state index >= 15 is 0 Å². The summed E-state index contributed by atoms with van der Waals surface area (Å²) in [5.41, 5.74) is 0. The molecule has 102 valence electrons. The molecule has 0 aliphatic carbocycles. The van der Waals surface area contributed by atoms with Crippen LogP contribution in [0.25, 0.3) is 0 Å². The maximum Gasteiger partial charge on any atom is 0.150 e. The van der Waals surface area contributed by atoms with E-state index in [-0.39, 0.29) is 12.0 Å². The highest BCUT2D eigenvalue weighted by Gasteiger charge is 2.33. The van der Waals surface area contributed by atoms with Gasteiger partial charge < -0.3 is 5.32 Å². The van der Waals surface area contributed by atoms with Gasteiger partial charge in [0.1, 0.15) is 0 Å². The minimum absolute atomic E-state index is 0.232. The van der Waals surface area contributed by atoms with Crippen molar-refractivity contribution >= 4 is 32.8 Å². The van der Waals surface area contributed by atoms with Crippen molar-refractivity contribution < 1.29 is 8.42 Å². The van der Waals surface area contributed by atoms with E-state index in [9.17, 15) is 8.42 Å². The lowest BCUT2D eigenvalue weighted by atomic mass is 9.96. The molecular formula is C12H18ClNO2S2. The zero-order valence-electron chi connectivity index (χ0n) is 10.4. The number of halogens is 1. The molecule has 0 radical (unpaired) electrons. The van der Waals surface area contributed by atoms with Gasteiger partial charge in [-0.1, -0.05) is 18.5 Å². The van der Waals surface area contributed by atoms with E-state index in [0.717, 1.165) is 23.7 Å². The highest BCUT2D eigenvalue weighted by Crippen LogP contribution is 2.27. The Morgan fingerprint density at radius 3 is 2.83 bits per heavy atom. The molecule has 1 fully saturated rings. The van der Waals surface area contributed by atoms with Crippen molar-refractivity contribution in [3.05, 3.63) is 21.3 Å². The highest BCUT2D eigenvalue weighted by molar-refractivity contribution is 7.91. The van der Waals surface area contributed by atoms with Crippen LogP contribution in [0.4, 0.5) is 0 Å². The van der Waals surface area contributed by atoms with Crippen LogP contribution in [0.2, 0.25) is 4.34 Å². The Bertz CT molecular complexity index is 498. The molecule has 18 heavy (non-hydrogen) atoms. The van der Waals surface area contributed by atoms with Gasteiger partial charge in [-0.25, -0.2) is 8.42 Å². The molecule has 3 nitrogen and oxygen atoms in total. The number of sulfone groups is 1. The van der Waals surface area contributed by atoms with E-state index in [1.165, 1.54) is 4.88 Å². The summed E-state index contributed by atoms with van der Waals surface area (Å²) in [6.45, 7) is 2.91. The highest BCUT2D eigenvalue weighted by atomic mass is 35.5. The smallest absolute Gasteiger partial charge is 0.150 e. The predicted molar refractivity (Wildman–Crippen MR) is 77.3 cm³/mol. The number of nitrogens with one attached hydrogen (secondary N) is 1. The lowest BCUT2D eigenvalue weighted by molar-refractivity contribution is 0.388. The van der Waals surface area contributed by atoms with Gasteiger partial charge in [-0.15, -0.1) is 11.3 Å². The van der Waals surface area contributed by atoms with Crippen molar-refractivity contribution in [2.45, 2.75) is 25.8 Å². The summed E-state index contributed by atoms with van der Waals surface area (Å²) >= 11 is 7.50. The van der Waals surface area contributed by atoms with E-state index in [0.29, 0.717) is 11.5 Å². The molecule has 2 heterocycles. The van der Waals surface area contributed by atoms with Crippen LogP contribution in [0.15, 0.2) is 12.1 Å². The number of thiophene rings is 1. The monoisotopic (exact) mass is 307 g/mol. The Labute approximate surface area is 117 Å². The molecule has 1 aliphatic heterocycles. The molecule has 2 unspecified atom stereocenters. The fourth-order valence-electron chi connectivity index (χ4n) is 2.49. The van der Waals surface area contributed by atoms with Gasteiger partial charge in [0.05, 0.1) is 15.8 Å². The Hall–Kier alpha value is -0.100. The largest absolute Gasteiger partial charge is 0.314 e. The van der Waals surface area contributed by atoms with Crippen LogP contribution < -0.4 is 5.32 Å². The van der Waals surface area contributed by atoms with Gasteiger partial charge >= 0.3 is 0 Å². The van der Waals surface area contributed by atoms with Gasteiger partial charge in [-0.2, -0.15) is 0 Å². The van der Waals surface area contributed by atoms with E-state index in [1.807, 2.05) is 12.1 Å². The summed E-state index contributed by atoms with van der Waals surface area (Å²) in [6.07, 6.45) is 1.64. The average Bonchev–Trinajstić information content (AvgIpc) is 2.84. The van der Waals surface area contributed by atoms with Gasteiger partial charge in [-0.05, 0) is 37.4 Å². The van der Waals surface area contributed by atoms with Gasteiger partial charge in [0.2, 0.25) is 0 Å². The second kappa shape index (κ2) is 5.90. The molecular weight excluding hydrogens is 290 g/mol. The van der Waals surface area contributed by atoms with Crippen LogP contribution in [0, 0.1) is 5.92 Å². The second-order valence-corrected chi connectivity index (χ2v) is 8.77. The lowest BCUT2D eigenvalue weighted by Gasteiger charge is -2.22. The van der Waals surface area contributed by atoms with Crippen molar-refractivity contribution in [1.29, 1.82) is 0 Å². The first-order valence-electron chi connectivity index (χ1n) is 6.18. The first kappa shape index (κ1) is 14.3. The molecule has 0 bridgehead atoms. The Morgan fingerprint density at radius 1 is 1.56 bits per heavy atom.